The molecule has 4 heteroatoms. The Labute approximate surface area is 121 Å². The molecule has 2 aromatic heterocycles. The van der Waals surface area contributed by atoms with Crippen LogP contribution in [0, 0.1) is 11.3 Å². The number of hydrogen-bond donors (Lipinski definition) is 2. The van der Waals surface area contributed by atoms with Crippen LogP contribution < -0.4 is 0 Å². The molecule has 2 aromatic rings. The smallest absolute Gasteiger partial charge is 0.129 e. The molecule has 0 saturated heterocycles. The van der Waals surface area contributed by atoms with Crippen molar-refractivity contribution in [1.29, 1.82) is 5.41 Å². The molecule has 0 aliphatic heterocycles. The van der Waals surface area contributed by atoms with Crippen LogP contribution >= 0.6 is 11.6 Å². The van der Waals surface area contributed by atoms with Crippen molar-refractivity contribution in [3.8, 4) is 11.3 Å². The number of aromatic amines is 1. The molecular formula is C16H14ClN3. The zero-order valence-electron chi connectivity index (χ0n) is 11.0. The predicted molar refractivity (Wildman–Crippen MR) is 78.7 cm³/mol. The van der Waals surface area contributed by atoms with Crippen molar-refractivity contribution in [3.05, 3.63) is 39.8 Å². The topological polar surface area (TPSA) is 52.5 Å². The summed E-state index contributed by atoms with van der Waals surface area (Å²) in [6.07, 6.45) is 6.32. The lowest BCUT2D eigenvalue weighted by molar-refractivity contribution is 0.347. The van der Waals surface area contributed by atoms with Crippen LogP contribution in [0.25, 0.3) is 11.3 Å². The van der Waals surface area contributed by atoms with E-state index >= 15 is 0 Å². The second-order valence-electron chi connectivity index (χ2n) is 6.14. The van der Waals surface area contributed by atoms with Crippen LogP contribution in [0.5, 0.6) is 0 Å². The Balaban J connectivity index is 1.77. The van der Waals surface area contributed by atoms with E-state index in [1.807, 2.05) is 12.3 Å². The minimum absolute atomic E-state index is 0.490. The summed E-state index contributed by atoms with van der Waals surface area (Å²) in [7, 11) is 0. The minimum Gasteiger partial charge on any atom is -0.357 e. The highest BCUT2D eigenvalue weighted by Crippen LogP contribution is 2.53. The molecule has 0 amide bonds. The third-order valence-electron chi connectivity index (χ3n) is 5.28. The third kappa shape index (κ3) is 1.18. The predicted octanol–water partition coefficient (Wildman–Crippen LogP) is 3.70. The fourth-order valence-electron chi connectivity index (χ4n) is 4.15. The van der Waals surface area contributed by atoms with E-state index in [1.165, 1.54) is 46.5 Å². The van der Waals surface area contributed by atoms with Gasteiger partial charge in [0.2, 0.25) is 0 Å². The number of halogens is 1. The first-order chi connectivity index (χ1) is 9.74. The molecule has 3 aliphatic rings. The molecule has 1 fully saturated rings. The van der Waals surface area contributed by atoms with Gasteiger partial charge >= 0.3 is 0 Å². The van der Waals surface area contributed by atoms with Crippen LogP contribution in [0.1, 0.15) is 41.1 Å². The lowest BCUT2D eigenvalue weighted by Gasteiger charge is -2.30. The van der Waals surface area contributed by atoms with Gasteiger partial charge in [0, 0.05) is 46.3 Å². The number of aryl methyl sites for hydroxylation is 1. The summed E-state index contributed by atoms with van der Waals surface area (Å²) in [6, 6.07) is 1.96. The minimum atomic E-state index is 0.490. The Morgan fingerprint density at radius 3 is 2.90 bits per heavy atom. The Morgan fingerprint density at radius 1 is 1.25 bits per heavy atom. The van der Waals surface area contributed by atoms with Gasteiger partial charge < -0.3 is 10.4 Å². The molecule has 20 heavy (non-hydrogen) atoms. The maximum absolute atomic E-state index is 8.44. The van der Waals surface area contributed by atoms with Gasteiger partial charge in [0.05, 0.1) is 0 Å². The summed E-state index contributed by atoms with van der Waals surface area (Å²) in [5.41, 5.74) is 8.40. The molecule has 0 radical (unpaired) electrons. The van der Waals surface area contributed by atoms with Crippen LogP contribution in [0.15, 0.2) is 12.3 Å². The van der Waals surface area contributed by atoms with Crippen molar-refractivity contribution in [2.75, 3.05) is 0 Å². The number of H-pyrrole nitrogens is 1. The molecule has 3 nitrogen and oxygen atoms in total. The molecule has 1 saturated carbocycles. The van der Waals surface area contributed by atoms with Gasteiger partial charge in [-0.05, 0) is 42.9 Å². The van der Waals surface area contributed by atoms with Crippen LogP contribution in [-0.4, -0.2) is 15.7 Å². The van der Waals surface area contributed by atoms with E-state index in [2.05, 4.69) is 9.97 Å². The summed E-state index contributed by atoms with van der Waals surface area (Å²) in [5, 5.41) is 8.99. The molecule has 5 rings (SSSR count). The molecule has 2 heterocycles. The summed E-state index contributed by atoms with van der Waals surface area (Å²) in [4.78, 5) is 7.82. The maximum Gasteiger partial charge on any atom is 0.129 e. The second-order valence-corrected chi connectivity index (χ2v) is 6.52. The Kier molecular flexibility index (Phi) is 1.96. The first-order valence-corrected chi connectivity index (χ1v) is 7.60. The van der Waals surface area contributed by atoms with Gasteiger partial charge in [0.1, 0.15) is 5.15 Å². The van der Waals surface area contributed by atoms with Crippen molar-refractivity contribution in [3.63, 3.8) is 0 Å². The van der Waals surface area contributed by atoms with E-state index in [0.29, 0.717) is 17.0 Å². The Hall–Kier alpha value is -1.61. The van der Waals surface area contributed by atoms with Gasteiger partial charge in [0.15, 0.2) is 0 Å². The average molecular weight is 284 g/mol. The van der Waals surface area contributed by atoms with Crippen LogP contribution in [-0.2, 0) is 12.8 Å². The highest BCUT2D eigenvalue weighted by atomic mass is 35.5. The van der Waals surface area contributed by atoms with Crippen LogP contribution in [0.4, 0.5) is 0 Å². The summed E-state index contributed by atoms with van der Waals surface area (Å²) in [6.45, 7) is 0. The second kappa shape index (κ2) is 3.53. The number of nitrogens with zero attached hydrogens (tertiary/aromatic N) is 1. The highest BCUT2D eigenvalue weighted by molar-refractivity contribution is 6.29. The highest BCUT2D eigenvalue weighted by Gasteiger charge is 2.46. The SMILES string of the molecule is N=C1c2c([nH]c3c2CCc2cnc(Cl)cc2-3)C2CCC12. The molecule has 100 valence electrons. The van der Waals surface area contributed by atoms with E-state index in [1.54, 1.807) is 0 Å². The van der Waals surface area contributed by atoms with E-state index in [0.717, 1.165) is 18.6 Å². The Bertz CT molecular complexity index is 774. The fourth-order valence-corrected chi connectivity index (χ4v) is 4.31. The monoisotopic (exact) mass is 283 g/mol. The molecule has 0 spiro atoms. The maximum atomic E-state index is 8.44. The average Bonchev–Trinajstić information content (AvgIpc) is 2.83. The molecule has 0 aromatic carbocycles. The van der Waals surface area contributed by atoms with Crippen molar-refractivity contribution < 1.29 is 0 Å². The third-order valence-corrected chi connectivity index (χ3v) is 5.49. The first kappa shape index (κ1) is 11.1. The molecule has 2 N–H and O–H groups in total. The molecule has 0 bridgehead atoms. The van der Waals surface area contributed by atoms with Gasteiger partial charge in [-0.15, -0.1) is 0 Å². The fraction of sp³-hybridized carbons (Fsp3) is 0.375. The van der Waals surface area contributed by atoms with E-state index in [9.17, 15) is 0 Å². The lowest BCUT2D eigenvalue weighted by atomic mass is 9.74. The Morgan fingerprint density at radius 2 is 2.10 bits per heavy atom. The zero-order chi connectivity index (χ0) is 13.4. The normalized spacial score (nSPS) is 25.6. The van der Waals surface area contributed by atoms with Gasteiger partial charge in [-0.25, -0.2) is 4.98 Å². The molecule has 2 unspecified atom stereocenters. The van der Waals surface area contributed by atoms with Gasteiger partial charge in [-0.2, -0.15) is 0 Å². The largest absolute Gasteiger partial charge is 0.357 e. The lowest BCUT2D eigenvalue weighted by Crippen LogP contribution is -2.24. The first-order valence-electron chi connectivity index (χ1n) is 7.22. The van der Waals surface area contributed by atoms with E-state index in [4.69, 9.17) is 17.0 Å². The van der Waals surface area contributed by atoms with Gasteiger partial charge in [-0.3, -0.25) is 0 Å². The number of nitrogens with one attached hydrogen (secondary N) is 2. The van der Waals surface area contributed by atoms with Crippen LogP contribution in [0.2, 0.25) is 5.15 Å². The van der Waals surface area contributed by atoms with Crippen LogP contribution in [0.3, 0.4) is 0 Å². The van der Waals surface area contributed by atoms with Crippen molar-refractivity contribution in [1.82, 2.24) is 9.97 Å². The van der Waals surface area contributed by atoms with Gasteiger partial charge in [0.25, 0.3) is 0 Å². The summed E-state index contributed by atoms with van der Waals surface area (Å²) in [5.74, 6) is 1.06. The van der Waals surface area contributed by atoms with Crippen molar-refractivity contribution >= 4 is 17.3 Å². The molecular weight excluding hydrogens is 270 g/mol. The van der Waals surface area contributed by atoms with Gasteiger partial charge in [-0.1, -0.05) is 11.6 Å². The zero-order valence-corrected chi connectivity index (χ0v) is 11.7. The number of pyridine rings is 1. The number of rotatable bonds is 0. The van der Waals surface area contributed by atoms with Crippen molar-refractivity contribution in [2.45, 2.75) is 31.6 Å². The molecule has 3 aliphatic carbocycles. The number of aromatic nitrogens is 2. The van der Waals surface area contributed by atoms with E-state index in [-0.39, 0.29) is 0 Å². The summed E-state index contributed by atoms with van der Waals surface area (Å²) < 4.78 is 0. The molecule has 2 atom stereocenters. The quantitative estimate of drug-likeness (QED) is 0.712. The summed E-state index contributed by atoms with van der Waals surface area (Å²) >= 11 is 6.06. The standard InChI is InChI=1S/C16H14ClN3/c17-12-5-11-7(6-19-12)1-2-10-13-14(18)8-3-4-9(8)16(13)20-15(10)11/h5-6,8-9,18,20H,1-4H2. The number of hydrogen-bond acceptors (Lipinski definition) is 2. The van der Waals surface area contributed by atoms with Crippen molar-refractivity contribution in [2.24, 2.45) is 5.92 Å². The van der Waals surface area contributed by atoms with E-state index < -0.39 is 0 Å². The number of fused-ring (bicyclic) bond motifs is 7.